The van der Waals surface area contributed by atoms with Gasteiger partial charge in [-0.05, 0) is 66.5 Å². The number of aliphatic carboxylic acids is 1. The second-order valence-corrected chi connectivity index (χ2v) is 22.7. The Bertz CT molecular complexity index is 2340. The molecule has 2 aromatic rings. The fraction of sp³-hybridized carbons (Fsp3) is 0.656. The van der Waals surface area contributed by atoms with E-state index in [1.165, 1.54) is 31.1 Å². The highest BCUT2D eigenvalue weighted by Crippen LogP contribution is 2.32. The van der Waals surface area contributed by atoms with E-state index in [9.17, 15) is 48.3 Å². The molecule has 10 atom stereocenters. The number of carbonyl (C=O) groups is 9. The molecule has 2 heterocycles. The normalized spacial score (nSPS) is 18.7. The molecule has 0 aromatic heterocycles. The van der Waals surface area contributed by atoms with Gasteiger partial charge in [0, 0.05) is 91.3 Å². The number of hydrogen-bond donors (Lipinski definition) is 1. The van der Waals surface area contributed by atoms with Crippen molar-refractivity contribution in [2.75, 3.05) is 41.4 Å². The molecule has 2 saturated heterocycles. The minimum atomic E-state index is -1.05. The maximum absolute atomic E-state index is 14.8. The van der Waals surface area contributed by atoms with Crippen LogP contribution < -0.4 is 0 Å². The minimum Gasteiger partial charge on any atom is -0.481 e. The summed E-state index contributed by atoms with van der Waals surface area (Å²) in [5.74, 6) is -5.63. The van der Waals surface area contributed by atoms with Crippen LogP contribution in [0.4, 0.5) is 4.79 Å². The van der Waals surface area contributed by atoms with Crippen molar-refractivity contribution in [3.8, 4) is 0 Å². The van der Waals surface area contributed by atoms with Crippen molar-refractivity contribution in [3.63, 3.8) is 0 Å². The Kier molecular flexibility index (Phi) is 25.8. The van der Waals surface area contributed by atoms with Crippen LogP contribution in [0.25, 0.3) is 0 Å². The standard InChI is InChI=1S/C61H90N4O13/c1-13-40(6)56(52(76-11)36-54(70)64-30-20-24-49(64)57(77-12)42(8)50(67)34-46(60(73)74)32-43-21-16-14-17-22-43)62(9)59(72)48(38(2)3)35-51(68)55(39(4)5)63(10)61(75)78-37-45-27-25-44(26-28-45)33-47(66)23-18-15-19-29-65-53(69)31-41(7)58(65)71/h14,16-17,21-22,25-28,38-42,46,48-49,52,55-57H,13,15,18-20,23-24,29-37H2,1-12H3,(H,73,74)/t40-,41?,42-,46?,48-,49?,52+,55-,56-,57+/m0/s1. The van der Waals surface area contributed by atoms with Crippen molar-refractivity contribution >= 4 is 53.0 Å². The van der Waals surface area contributed by atoms with Gasteiger partial charge in [-0.25, -0.2) is 4.79 Å². The number of nitrogens with zero attached hydrogens (tertiary/aromatic N) is 4. The van der Waals surface area contributed by atoms with Gasteiger partial charge in [-0.3, -0.25) is 43.3 Å². The predicted molar refractivity (Wildman–Crippen MR) is 296 cm³/mol. The SMILES string of the molecule is CC[C@H](C)[C@@H]([C@@H](CC(=O)N1CCCC1[C@H](OC)[C@@H](C)C(=O)CC(Cc1ccccc1)C(=O)O)OC)N(C)C(=O)[C@@H](CC(=O)[C@H](C(C)C)N(C)C(=O)OCc1ccc(CC(=O)CCCCCN2C(=O)CC(C)C2=O)cc1)C(C)C. The van der Waals surface area contributed by atoms with Crippen LogP contribution in [0.2, 0.25) is 0 Å². The molecule has 2 aliphatic heterocycles. The summed E-state index contributed by atoms with van der Waals surface area (Å²) in [6, 6.07) is 14.5. The molecular formula is C61H90N4O13. The van der Waals surface area contributed by atoms with Crippen molar-refractivity contribution in [2.24, 2.45) is 41.4 Å². The Morgan fingerprint density at radius 3 is 1.99 bits per heavy atom. The number of unbranched alkanes of at least 4 members (excludes halogenated alkanes) is 2. The van der Waals surface area contributed by atoms with E-state index in [1.54, 1.807) is 42.8 Å². The highest BCUT2D eigenvalue weighted by molar-refractivity contribution is 6.03. The van der Waals surface area contributed by atoms with Gasteiger partial charge in [-0.1, -0.05) is 123 Å². The van der Waals surface area contributed by atoms with Crippen LogP contribution in [0.15, 0.2) is 54.6 Å². The number of ether oxygens (including phenoxy) is 3. The highest BCUT2D eigenvalue weighted by atomic mass is 16.6. The Balaban J connectivity index is 1.35. The lowest BCUT2D eigenvalue weighted by atomic mass is 9.83. The largest absolute Gasteiger partial charge is 0.481 e. The first-order valence-electron chi connectivity index (χ1n) is 28.2. The monoisotopic (exact) mass is 1090 g/mol. The lowest BCUT2D eigenvalue weighted by Crippen LogP contribution is -2.54. The van der Waals surface area contributed by atoms with Gasteiger partial charge in [0.2, 0.25) is 23.6 Å². The Morgan fingerprint density at radius 2 is 1.42 bits per heavy atom. The zero-order valence-corrected chi connectivity index (χ0v) is 48.6. The molecule has 0 spiro atoms. The first-order valence-corrected chi connectivity index (χ1v) is 28.2. The van der Waals surface area contributed by atoms with Crippen LogP contribution in [-0.4, -0.2) is 149 Å². The van der Waals surface area contributed by atoms with E-state index in [0.717, 1.165) is 17.5 Å². The zero-order chi connectivity index (χ0) is 58.0. The Morgan fingerprint density at radius 1 is 0.769 bits per heavy atom. The van der Waals surface area contributed by atoms with E-state index in [-0.39, 0.29) is 110 Å². The van der Waals surface area contributed by atoms with Crippen LogP contribution >= 0.6 is 0 Å². The summed E-state index contributed by atoms with van der Waals surface area (Å²) in [4.78, 5) is 126. The van der Waals surface area contributed by atoms with Gasteiger partial charge in [0.25, 0.3) is 0 Å². The molecule has 17 heteroatoms. The maximum atomic E-state index is 14.8. The molecule has 0 radical (unpaired) electrons. The summed E-state index contributed by atoms with van der Waals surface area (Å²) < 4.78 is 17.7. The number of likely N-dealkylation sites (tertiary alicyclic amines) is 2. The van der Waals surface area contributed by atoms with Crippen molar-refractivity contribution in [1.29, 1.82) is 0 Å². The summed E-state index contributed by atoms with van der Waals surface area (Å²) in [7, 11) is 6.23. The molecular weight excluding hydrogens is 997 g/mol. The average molecular weight is 1090 g/mol. The average Bonchev–Trinajstić information content (AvgIpc) is 4.00. The maximum Gasteiger partial charge on any atom is 0.410 e. The first kappa shape index (κ1) is 64.7. The number of ketones is 3. The second-order valence-electron chi connectivity index (χ2n) is 22.7. The number of amides is 5. The Labute approximate surface area is 463 Å². The number of methoxy groups -OCH3 is 2. The summed E-state index contributed by atoms with van der Waals surface area (Å²) in [6.45, 7) is 15.7. The molecule has 5 amide bonds. The highest BCUT2D eigenvalue weighted by Gasteiger charge is 2.44. The predicted octanol–water partition coefficient (Wildman–Crippen LogP) is 8.40. The number of carbonyl (C=O) groups excluding carboxylic acids is 8. The number of carboxylic acid groups (broad SMARTS) is 1. The molecule has 0 bridgehead atoms. The number of rotatable bonds is 33. The van der Waals surface area contributed by atoms with Crippen molar-refractivity contribution < 1.29 is 62.5 Å². The summed E-state index contributed by atoms with van der Waals surface area (Å²) in [5.41, 5.74) is 2.34. The van der Waals surface area contributed by atoms with Crippen LogP contribution in [0.3, 0.4) is 0 Å². The molecule has 2 aliphatic rings. The molecule has 432 valence electrons. The van der Waals surface area contributed by atoms with Gasteiger partial charge in [0.15, 0.2) is 5.78 Å². The van der Waals surface area contributed by atoms with Crippen LogP contribution in [-0.2, 0) is 72.0 Å². The van der Waals surface area contributed by atoms with Gasteiger partial charge < -0.3 is 34.0 Å². The molecule has 0 aliphatic carbocycles. The summed E-state index contributed by atoms with van der Waals surface area (Å²) >= 11 is 0. The number of benzene rings is 2. The second kappa shape index (κ2) is 31.1. The van der Waals surface area contributed by atoms with Gasteiger partial charge in [0.1, 0.15) is 18.2 Å². The summed E-state index contributed by atoms with van der Waals surface area (Å²) in [6.07, 6.45) is 2.59. The van der Waals surface area contributed by atoms with E-state index in [1.807, 2.05) is 84.0 Å². The Hall–Kier alpha value is -5.81. The van der Waals surface area contributed by atoms with Gasteiger partial charge >= 0.3 is 12.1 Å². The van der Waals surface area contributed by atoms with Crippen LogP contribution in [0, 0.1) is 41.4 Å². The zero-order valence-electron chi connectivity index (χ0n) is 48.6. The molecule has 4 rings (SSSR count). The fourth-order valence-corrected chi connectivity index (χ4v) is 11.4. The van der Waals surface area contributed by atoms with Gasteiger partial charge in [0.05, 0.1) is 42.7 Å². The molecule has 0 saturated carbocycles. The number of hydrogen-bond acceptors (Lipinski definition) is 12. The first-order chi connectivity index (χ1) is 36.9. The summed E-state index contributed by atoms with van der Waals surface area (Å²) in [5, 5.41) is 10.0. The molecule has 2 fully saturated rings. The minimum absolute atomic E-state index is 0.0644. The lowest BCUT2D eigenvalue weighted by molar-refractivity contribution is -0.149. The number of likely N-dealkylation sites (N-methyl/N-ethyl adjacent to an activating group) is 2. The van der Waals surface area contributed by atoms with E-state index >= 15 is 0 Å². The van der Waals surface area contributed by atoms with Crippen molar-refractivity contribution in [1.82, 2.24) is 19.6 Å². The molecule has 1 N–H and O–H groups in total. The third-order valence-corrected chi connectivity index (χ3v) is 16.3. The lowest BCUT2D eigenvalue weighted by Gasteiger charge is -2.41. The quantitative estimate of drug-likeness (QED) is 0.0526. The van der Waals surface area contributed by atoms with E-state index < -0.39 is 60.1 Å². The molecule has 3 unspecified atom stereocenters. The van der Waals surface area contributed by atoms with Crippen molar-refractivity contribution in [3.05, 3.63) is 71.3 Å². The van der Waals surface area contributed by atoms with E-state index in [0.29, 0.717) is 57.2 Å². The fourth-order valence-electron chi connectivity index (χ4n) is 11.4. The third kappa shape index (κ3) is 17.9. The van der Waals surface area contributed by atoms with Gasteiger partial charge in [-0.15, -0.1) is 0 Å². The topological polar surface area (TPSA) is 215 Å². The van der Waals surface area contributed by atoms with Gasteiger partial charge in [-0.2, -0.15) is 0 Å². The third-order valence-electron chi connectivity index (χ3n) is 16.3. The number of imide groups is 1. The van der Waals surface area contributed by atoms with Crippen molar-refractivity contribution in [2.45, 2.75) is 176 Å². The molecule has 2 aromatic carbocycles. The van der Waals surface area contributed by atoms with Crippen LogP contribution in [0.5, 0.6) is 0 Å². The van der Waals surface area contributed by atoms with E-state index in [2.05, 4.69) is 0 Å². The number of Topliss-reactive ketones (excluding diaryl/α,β-unsaturated/α-hetero) is 3. The van der Waals surface area contributed by atoms with Crippen LogP contribution in [0.1, 0.15) is 143 Å². The molecule has 17 nitrogen and oxygen atoms in total. The van der Waals surface area contributed by atoms with E-state index in [4.69, 9.17) is 14.2 Å². The molecule has 78 heavy (non-hydrogen) atoms. The smallest absolute Gasteiger partial charge is 0.410 e. The number of carboxylic acids is 1.